The number of hydrogen-bond acceptors (Lipinski definition) is 4. The van der Waals surface area contributed by atoms with E-state index in [1.165, 1.54) is 0 Å². The molecule has 0 unspecified atom stereocenters. The Hall–Kier alpha value is -1.50. The summed E-state index contributed by atoms with van der Waals surface area (Å²) in [5, 5.41) is 16.4. The van der Waals surface area contributed by atoms with Gasteiger partial charge in [-0.15, -0.1) is 0 Å². The van der Waals surface area contributed by atoms with E-state index < -0.39 is 11.5 Å². The molecule has 1 saturated heterocycles. The van der Waals surface area contributed by atoms with Crippen LogP contribution < -0.4 is 5.32 Å². The van der Waals surface area contributed by atoms with E-state index in [9.17, 15) is 14.7 Å². The summed E-state index contributed by atoms with van der Waals surface area (Å²) in [4.78, 5) is 23.5. The number of carboxylic acid groups (broad SMARTS) is 1. The van der Waals surface area contributed by atoms with Gasteiger partial charge in [-0.05, 0) is 38.0 Å². The fourth-order valence-electron chi connectivity index (χ4n) is 2.63. The van der Waals surface area contributed by atoms with Crippen molar-refractivity contribution in [2.45, 2.75) is 38.6 Å². The van der Waals surface area contributed by atoms with Gasteiger partial charge in [-0.2, -0.15) is 16.9 Å². The number of carbonyl (C=O) groups is 2. The molecule has 21 heavy (non-hydrogen) atoms. The third kappa shape index (κ3) is 3.23. The first-order valence-electron chi connectivity index (χ1n) is 6.97. The first-order valence-corrected chi connectivity index (χ1v) is 8.12. The maximum atomic E-state index is 12.1. The van der Waals surface area contributed by atoms with Crippen LogP contribution in [-0.4, -0.2) is 43.8 Å². The standard InChI is InChI=1S/C14H21N3O3S/c1-9-11(10(2)17(3)16-9)4-5-12(18)15-14(13(19)20)6-7-21-8-14/h4-8H2,1-3H3,(H,15,18)(H,19,20)/t14-/m0/s1. The summed E-state index contributed by atoms with van der Waals surface area (Å²) < 4.78 is 1.80. The van der Waals surface area contributed by atoms with Crippen molar-refractivity contribution in [1.29, 1.82) is 0 Å². The molecule has 2 heterocycles. The minimum atomic E-state index is -1.08. The van der Waals surface area contributed by atoms with Crippen LogP contribution in [-0.2, 0) is 23.1 Å². The highest BCUT2D eigenvalue weighted by molar-refractivity contribution is 7.99. The Morgan fingerprint density at radius 2 is 2.19 bits per heavy atom. The number of aryl methyl sites for hydroxylation is 2. The van der Waals surface area contributed by atoms with Gasteiger partial charge in [0.1, 0.15) is 5.54 Å². The summed E-state index contributed by atoms with van der Waals surface area (Å²) in [6, 6.07) is 0. The summed E-state index contributed by atoms with van der Waals surface area (Å²) in [5.41, 5.74) is 1.95. The van der Waals surface area contributed by atoms with Gasteiger partial charge in [0, 0.05) is 24.9 Å². The highest BCUT2D eigenvalue weighted by atomic mass is 32.2. The van der Waals surface area contributed by atoms with Gasteiger partial charge < -0.3 is 10.4 Å². The molecule has 0 radical (unpaired) electrons. The summed E-state index contributed by atoms with van der Waals surface area (Å²) in [6.45, 7) is 3.90. The lowest BCUT2D eigenvalue weighted by atomic mass is 9.98. The van der Waals surface area contributed by atoms with E-state index in [1.54, 1.807) is 16.4 Å². The number of amides is 1. The molecule has 1 aromatic rings. The van der Waals surface area contributed by atoms with Crippen molar-refractivity contribution in [2.24, 2.45) is 7.05 Å². The van der Waals surface area contributed by atoms with Crippen molar-refractivity contribution in [1.82, 2.24) is 15.1 Å². The second-order valence-corrected chi connectivity index (χ2v) is 6.62. The van der Waals surface area contributed by atoms with Crippen molar-refractivity contribution < 1.29 is 14.7 Å². The lowest BCUT2D eigenvalue weighted by Crippen LogP contribution is -2.54. The Morgan fingerprint density at radius 1 is 1.48 bits per heavy atom. The number of thioether (sulfide) groups is 1. The first-order chi connectivity index (χ1) is 9.85. The molecule has 1 aromatic heterocycles. The van der Waals surface area contributed by atoms with Crippen molar-refractivity contribution in [3.8, 4) is 0 Å². The van der Waals surface area contributed by atoms with Crippen molar-refractivity contribution in [3.05, 3.63) is 17.0 Å². The predicted octanol–water partition coefficient (Wildman–Crippen LogP) is 1.05. The largest absolute Gasteiger partial charge is 0.479 e. The average molecular weight is 311 g/mol. The van der Waals surface area contributed by atoms with Crippen molar-refractivity contribution >= 4 is 23.6 Å². The maximum Gasteiger partial charge on any atom is 0.330 e. The van der Waals surface area contributed by atoms with Gasteiger partial charge in [-0.25, -0.2) is 4.79 Å². The molecule has 2 N–H and O–H groups in total. The molecule has 1 amide bonds. The summed E-state index contributed by atoms with van der Waals surface area (Å²) >= 11 is 1.57. The molecule has 6 nitrogen and oxygen atoms in total. The number of aliphatic carboxylic acids is 1. The van der Waals surface area contributed by atoms with Crippen LogP contribution in [0, 0.1) is 13.8 Å². The zero-order chi connectivity index (χ0) is 15.6. The lowest BCUT2D eigenvalue weighted by molar-refractivity contribution is -0.146. The van der Waals surface area contributed by atoms with Crippen LogP contribution in [0.5, 0.6) is 0 Å². The predicted molar refractivity (Wildman–Crippen MR) is 81.5 cm³/mol. The monoisotopic (exact) mass is 311 g/mol. The van der Waals surface area contributed by atoms with E-state index in [0.29, 0.717) is 18.6 Å². The van der Waals surface area contributed by atoms with E-state index in [1.807, 2.05) is 20.9 Å². The van der Waals surface area contributed by atoms with E-state index in [-0.39, 0.29) is 12.3 Å². The first kappa shape index (κ1) is 15.9. The zero-order valence-electron chi connectivity index (χ0n) is 12.6. The number of nitrogens with one attached hydrogen (secondary N) is 1. The normalized spacial score (nSPS) is 21.5. The van der Waals surface area contributed by atoms with Crippen LogP contribution in [0.3, 0.4) is 0 Å². The molecule has 2 rings (SSSR count). The van der Waals surface area contributed by atoms with Crippen molar-refractivity contribution in [2.75, 3.05) is 11.5 Å². The van der Waals surface area contributed by atoms with Crippen LogP contribution in [0.2, 0.25) is 0 Å². The average Bonchev–Trinajstić information content (AvgIpc) is 2.96. The second-order valence-electron chi connectivity index (χ2n) is 5.51. The van der Waals surface area contributed by atoms with Gasteiger partial charge in [-0.3, -0.25) is 9.48 Å². The molecule has 1 aliphatic rings. The molecule has 116 valence electrons. The Kier molecular flexibility index (Phi) is 4.61. The number of nitrogens with zero attached hydrogens (tertiary/aromatic N) is 2. The van der Waals surface area contributed by atoms with E-state index >= 15 is 0 Å². The Bertz CT molecular complexity index is 562. The molecular formula is C14H21N3O3S. The lowest BCUT2D eigenvalue weighted by Gasteiger charge is -2.24. The molecule has 0 saturated carbocycles. The molecular weight excluding hydrogens is 290 g/mol. The molecule has 1 fully saturated rings. The highest BCUT2D eigenvalue weighted by Gasteiger charge is 2.43. The molecule has 7 heteroatoms. The topological polar surface area (TPSA) is 84.2 Å². The maximum absolute atomic E-state index is 12.1. The SMILES string of the molecule is Cc1nn(C)c(C)c1CCC(=O)N[C@@]1(C(=O)O)CCSC1. The number of carbonyl (C=O) groups excluding carboxylic acids is 1. The quantitative estimate of drug-likeness (QED) is 0.849. The summed E-state index contributed by atoms with van der Waals surface area (Å²) in [6.07, 6.45) is 1.36. The van der Waals surface area contributed by atoms with Gasteiger partial charge >= 0.3 is 5.97 Å². The van der Waals surface area contributed by atoms with Crippen LogP contribution >= 0.6 is 11.8 Å². The van der Waals surface area contributed by atoms with Crippen LogP contribution in [0.15, 0.2) is 0 Å². The number of aromatic nitrogens is 2. The minimum Gasteiger partial charge on any atom is -0.479 e. The molecule has 0 spiro atoms. The molecule has 0 bridgehead atoms. The number of rotatable bonds is 5. The van der Waals surface area contributed by atoms with Gasteiger partial charge in [-0.1, -0.05) is 0 Å². The number of carboxylic acids is 1. The second kappa shape index (κ2) is 6.09. The number of hydrogen-bond donors (Lipinski definition) is 2. The Balaban J connectivity index is 1.97. The third-order valence-electron chi connectivity index (χ3n) is 4.07. The van der Waals surface area contributed by atoms with Crippen LogP contribution in [0.1, 0.15) is 29.8 Å². The van der Waals surface area contributed by atoms with Crippen molar-refractivity contribution in [3.63, 3.8) is 0 Å². The fourth-order valence-corrected chi connectivity index (χ4v) is 3.96. The third-order valence-corrected chi connectivity index (χ3v) is 5.26. The van der Waals surface area contributed by atoms with Crippen LogP contribution in [0.4, 0.5) is 0 Å². The Labute approximate surface area is 128 Å². The molecule has 0 aliphatic carbocycles. The van der Waals surface area contributed by atoms with E-state index in [2.05, 4.69) is 10.4 Å². The van der Waals surface area contributed by atoms with Gasteiger partial charge in [0.05, 0.1) is 5.69 Å². The zero-order valence-corrected chi connectivity index (χ0v) is 13.4. The molecule has 0 aromatic carbocycles. The van der Waals surface area contributed by atoms with Gasteiger partial charge in [0.2, 0.25) is 5.91 Å². The fraction of sp³-hybridized carbons (Fsp3) is 0.643. The summed E-state index contributed by atoms with van der Waals surface area (Å²) in [5.74, 6) is 0.0732. The van der Waals surface area contributed by atoms with E-state index in [4.69, 9.17) is 0 Å². The molecule has 1 aliphatic heterocycles. The highest BCUT2D eigenvalue weighted by Crippen LogP contribution is 2.28. The minimum absolute atomic E-state index is 0.206. The smallest absolute Gasteiger partial charge is 0.330 e. The molecule has 1 atom stereocenters. The van der Waals surface area contributed by atoms with Gasteiger partial charge in [0.25, 0.3) is 0 Å². The van der Waals surface area contributed by atoms with Gasteiger partial charge in [0.15, 0.2) is 0 Å². The Morgan fingerprint density at radius 3 is 2.67 bits per heavy atom. The summed E-state index contributed by atoms with van der Waals surface area (Å²) in [7, 11) is 1.88. The van der Waals surface area contributed by atoms with E-state index in [0.717, 1.165) is 22.7 Å². The van der Waals surface area contributed by atoms with Crippen LogP contribution in [0.25, 0.3) is 0 Å².